The van der Waals surface area contributed by atoms with Gasteiger partial charge in [-0.15, -0.1) is 0 Å². The van der Waals surface area contributed by atoms with Crippen LogP contribution in [-0.2, 0) is 9.59 Å². The number of pyridine rings is 1. The molecule has 30 heavy (non-hydrogen) atoms. The van der Waals surface area contributed by atoms with Gasteiger partial charge < -0.3 is 9.47 Å². The number of aryl methyl sites for hydroxylation is 1. The minimum absolute atomic E-state index is 0.158. The third-order valence-corrected chi connectivity index (χ3v) is 6.46. The molecule has 0 spiro atoms. The number of aromatic nitrogens is 2. The molecular weight excluding hydrogens is 400 g/mol. The topological polar surface area (TPSA) is 75.5 Å². The van der Waals surface area contributed by atoms with Crippen LogP contribution in [-0.4, -0.2) is 56.0 Å². The van der Waals surface area contributed by atoms with Crippen LogP contribution in [0.1, 0.15) is 36.2 Å². The predicted octanol–water partition coefficient (Wildman–Crippen LogP) is 3.54. The van der Waals surface area contributed by atoms with Gasteiger partial charge in [0.25, 0.3) is 11.1 Å². The summed E-state index contributed by atoms with van der Waals surface area (Å²) in [7, 11) is 0. The lowest BCUT2D eigenvalue weighted by Gasteiger charge is -2.27. The zero-order valence-corrected chi connectivity index (χ0v) is 17.9. The molecule has 0 N–H and O–H groups in total. The van der Waals surface area contributed by atoms with Gasteiger partial charge in [0.1, 0.15) is 6.54 Å². The summed E-state index contributed by atoms with van der Waals surface area (Å²) >= 11 is 0.893. The quantitative estimate of drug-likeness (QED) is 0.702. The summed E-state index contributed by atoms with van der Waals surface area (Å²) < 4.78 is 2.08. The highest BCUT2D eigenvalue weighted by atomic mass is 32.2. The smallest absolute Gasteiger partial charge is 0.294 e. The molecule has 0 atom stereocenters. The Morgan fingerprint density at radius 1 is 1.13 bits per heavy atom. The molecule has 4 heterocycles. The molecule has 2 fully saturated rings. The standard InChI is InChI=1S/C22H24N4O3S/c1-15-12-17(16(2)26(15)18-6-8-23-9-7-18)13-19-21(28)25(22(29)30-19)14-20(27)24-10-4-3-5-11-24/h6-9,12-13H,3-5,10-11,14H2,1-2H3/b19-13-. The van der Waals surface area contributed by atoms with Crippen LogP contribution in [0.15, 0.2) is 35.5 Å². The molecule has 2 aromatic rings. The molecule has 2 aliphatic heterocycles. The van der Waals surface area contributed by atoms with Crippen LogP contribution >= 0.6 is 11.8 Å². The summed E-state index contributed by atoms with van der Waals surface area (Å²) in [5, 5.41) is -0.389. The summed E-state index contributed by atoms with van der Waals surface area (Å²) in [5.74, 6) is -0.557. The highest BCUT2D eigenvalue weighted by Crippen LogP contribution is 2.33. The lowest BCUT2D eigenvalue weighted by molar-refractivity contribution is -0.136. The minimum Gasteiger partial charge on any atom is -0.341 e. The van der Waals surface area contributed by atoms with Gasteiger partial charge in [-0.2, -0.15) is 0 Å². The van der Waals surface area contributed by atoms with Crippen LogP contribution in [0.25, 0.3) is 11.8 Å². The summed E-state index contributed by atoms with van der Waals surface area (Å²) in [6, 6.07) is 5.83. The van der Waals surface area contributed by atoms with Gasteiger partial charge in [0, 0.05) is 42.6 Å². The van der Waals surface area contributed by atoms with Gasteiger partial charge in [-0.1, -0.05) is 0 Å². The fraction of sp³-hybridized carbons (Fsp3) is 0.364. The van der Waals surface area contributed by atoms with Crippen molar-refractivity contribution in [3.8, 4) is 5.69 Å². The van der Waals surface area contributed by atoms with E-state index in [1.807, 2.05) is 32.0 Å². The zero-order chi connectivity index (χ0) is 21.3. The van der Waals surface area contributed by atoms with Crippen molar-refractivity contribution in [3.05, 3.63) is 52.4 Å². The van der Waals surface area contributed by atoms with Crippen LogP contribution in [0, 0.1) is 13.8 Å². The van der Waals surface area contributed by atoms with Crippen LogP contribution in [0.2, 0.25) is 0 Å². The molecule has 0 aliphatic carbocycles. The monoisotopic (exact) mass is 424 g/mol. The largest absolute Gasteiger partial charge is 0.341 e. The Morgan fingerprint density at radius 2 is 1.83 bits per heavy atom. The predicted molar refractivity (Wildman–Crippen MR) is 116 cm³/mol. The van der Waals surface area contributed by atoms with E-state index < -0.39 is 5.91 Å². The van der Waals surface area contributed by atoms with E-state index in [0.717, 1.165) is 58.6 Å². The van der Waals surface area contributed by atoms with Gasteiger partial charge in [0.2, 0.25) is 5.91 Å². The van der Waals surface area contributed by atoms with E-state index in [1.165, 1.54) is 0 Å². The number of rotatable bonds is 4. The molecule has 0 unspecified atom stereocenters. The molecule has 0 saturated carbocycles. The maximum Gasteiger partial charge on any atom is 0.294 e. The molecule has 4 rings (SSSR count). The fourth-order valence-electron chi connectivity index (χ4n) is 3.98. The second-order valence-corrected chi connectivity index (χ2v) is 8.57. The van der Waals surface area contributed by atoms with E-state index in [4.69, 9.17) is 0 Å². The molecule has 8 heteroatoms. The highest BCUT2D eigenvalue weighted by molar-refractivity contribution is 8.18. The molecular formula is C22H24N4O3S. The van der Waals surface area contributed by atoms with Gasteiger partial charge in [-0.05, 0) is 74.7 Å². The number of imide groups is 1. The van der Waals surface area contributed by atoms with Crippen LogP contribution in [0.5, 0.6) is 0 Å². The first-order valence-corrected chi connectivity index (χ1v) is 10.9. The molecule has 2 aromatic heterocycles. The Morgan fingerprint density at radius 3 is 2.53 bits per heavy atom. The summed E-state index contributed by atoms with van der Waals surface area (Å²) in [6.07, 6.45) is 8.28. The van der Waals surface area contributed by atoms with Crippen molar-refractivity contribution in [2.45, 2.75) is 33.1 Å². The summed E-state index contributed by atoms with van der Waals surface area (Å²) in [5.41, 5.74) is 3.84. The Balaban J connectivity index is 1.54. The number of carbonyl (C=O) groups excluding carboxylic acids is 3. The van der Waals surface area contributed by atoms with Gasteiger partial charge >= 0.3 is 0 Å². The third kappa shape index (κ3) is 3.92. The Bertz CT molecular complexity index is 1020. The molecule has 3 amide bonds. The molecule has 156 valence electrons. The van der Waals surface area contributed by atoms with Gasteiger partial charge in [-0.25, -0.2) is 0 Å². The van der Waals surface area contributed by atoms with Crippen molar-refractivity contribution in [3.63, 3.8) is 0 Å². The van der Waals surface area contributed by atoms with Crippen molar-refractivity contribution >= 4 is 34.9 Å². The fourth-order valence-corrected chi connectivity index (χ4v) is 4.81. The van der Waals surface area contributed by atoms with E-state index >= 15 is 0 Å². The van der Waals surface area contributed by atoms with E-state index in [-0.39, 0.29) is 17.7 Å². The lowest BCUT2D eigenvalue weighted by atomic mass is 10.1. The van der Waals surface area contributed by atoms with Gasteiger partial charge in [0.15, 0.2) is 0 Å². The summed E-state index contributed by atoms with van der Waals surface area (Å²) in [4.78, 5) is 45.0. The molecule has 7 nitrogen and oxygen atoms in total. The zero-order valence-electron chi connectivity index (χ0n) is 17.1. The maximum atomic E-state index is 12.8. The number of hydrogen-bond donors (Lipinski definition) is 0. The van der Waals surface area contributed by atoms with Gasteiger partial charge in [-0.3, -0.25) is 24.3 Å². The van der Waals surface area contributed by atoms with E-state index in [2.05, 4.69) is 9.55 Å². The van der Waals surface area contributed by atoms with E-state index in [9.17, 15) is 14.4 Å². The number of thioether (sulfide) groups is 1. The van der Waals surface area contributed by atoms with E-state index in [1.54, 1.807) is 23.4 Å². The van der Waals surface area contributed by atoms with Crippen LogP contribution < -0.4 is 0 Å². The SMILES string of the molecule is Cc1cc(/C=C2\SC(=O)N(CC(=O)N3CCCCC3)C2=O)c(C)n1-c1ccncc1. The Labute approximate surface area is 179 Å². The molecule has 2 saturated heterocycles. The lowest BCUT2D eigenvalue weighted by Crippen LogP contribution is -2.44. The van der Waals surface area contributed by atoms with Crippen molar-refractivity contribution in [1.29, 1.82) is 0 Å². The Kier molecular flexibility index (Phi) is 5.76. The number of likely N-dealkylation sites (tertiary alicyclic amines) is 1. The second kappa shape index (κ2) is 8.47. The van der Waals surface area contributed by atoms with E-state index in [0.29, 0.717) is 18.0 Å². The van der Waals surface area contributed by atoms with Crippen molar-refractivity contribution in [2.75, 3.05) is 19.6 Å². The number of amides is 3. The highest BCUT2D eigenvalue weighted by Gasteiger charge is 2.37. The number of hydrogen-bond acceptors (Lipinski definition) is 5. The average Bonchev–Trinajstić information content (AvgIpc) is 3.18. The average molecular weight is 425 g/mol. The Hall–Kier alpha value is -2.87. The summed E-state index contributed by atoms with van der Waals surface area (Å²) in [6.45, 7) is 5.19. The molecule has 0 radical (unpaired) electrons. The number of nitrogens with zero attached hydrogens (tertiary/aromatic N) is 4. The molecule has 0 bridgehead atoms. The third-order valence-electron chi connectivity index (χ3n) is 5.55. The van der Waals surface area contributed by atoms with Gasteiger partial charge in [0.05, 0.1) is 4.91 Å². The van der Waals surface area contributed by atoms with Crippen molar-refractivity contribution in [2.24, 2.45) is 0 Å². The second-order valence-electron chi connectivity index (χ2n) is 7.58. The molecule has 0 aromatic carbocycles. The first kappa shape index (κ1) is 20.4. The van der Waals surface area contributed by atoms with Crippen LogP contribution in [0.3, 0.4) is 0 Å². The number of piperidine rings is 1. The van der Waals surface area contributed by atoms with Crippen molar-refractivity contribution < 1.29 is 14.4 Å². The minimum atomic E-state index is -0.399. The first-order chi connectivity index (χ1) is 14.5. The maximum absolute atomic E-state index is 12.8. The van der Waals surface area contributed by atoms with Crippen LogP contribution in [0.4, 0.5) is 4.79 Å². The first-order valence-electron chi connectivity index (χ1n) is 10.1. The number of carbonyl (C=O) groups is 3. The van der Waals surface area contributed by atoms with Crippen molar-refractivity contribution in [1.82, 2.24) is 19.4 Å². The molecule has 2 aliphatic rings. The normalized spacial score (nSPS) is 18.5.